The smallest absolute Gasteiger partial charge is 0.324 e. The van der Waals surface area contributed by atoms with Crippen molar-refractivity contribution in [3.8, 4) is 0 Å². The number of carbonyl (C=O) groups is 1. The Hall–Kier alpha value is -2.86. The summed E-state index contributed by atoms with van der Waals surface area (Å²) in [6, 6.07) is 20.3. The minimum absolute atomic E-state index is 0.332. The number of halogens is 1. The lowest BCUT2D eigenvalue weighted by Crippen LogP contribution is -2.19. The average molecular weight is 383 g/mol. The fourth-order valence-corrected chi connectivity index (χ4v) is 2.47. The molecule has 0 aliphatic heterocycles. The molecule has 0 unspecified atom stereocenters. The molecular weight excluding hydrogens is 368 g/mol. The van der Waals surface area contributed by atoms with Gasteiger partial charge in [-0.2, -0.15) is 0 Å². The molecule has 0 spiro atoms. The van der Waals surface area contributed by atoms with Crippen LogP contribution in [0.3, 0.4) is 0 Å². The fraction of sp³-hybridized carbons (Fsp3) is 0. The zero-order chi connectivity index (χ0) is 16.8. The van der Waals surface area contributed by atoms with Crippen LogP contribution in [0.2, 0.25) is 0 Å². The molecule has 0 aliphatic carbocycles. The van der Waals surface area contributed by atoms with Gasteiger partial charge in [-0.1, -0.05) is 40.2 Å². The number of anilines is 4. The number of rotatable bonds is 4. The Bertz CT molecular complexity index is 822. The molecule has 5 nitrogen and oxygen atoms in total. The van der Waals surface area contributed by atoms with Crippen LogP contribution in [0.1, 0.15) is 0 Å². The van der Waals surface area contributed by atoms with Crippen molar-refractivity contribution in [2.75, 3.05) is 16.0 Å². The summed E-state index contributed by atoms with van der Waals surface area (Å²) in [4.78, 5) is 16.1. The van der Waals surface area contributed by atoms with Crippen molar-refractivity contribution >= 4 is 44.8 Å². The van der Waals surface area contributed by atoms with Gasteiger partial charge in [-0.3, -0.25) is 5.32 Å². The molecule has 0 fully saturated rings. The molecule has 2 amide bonds. The number of hydrogen-bond donors (Lipinski definition) is 3. The van der Waals surface area contributed by atoms with E-state index < -0.39 is 0 Å². The molecule has 3 rings (SSSR count). The molecule has 0 aliphatic rings. The van der Waals surface area contributed by atoms with Crippen LogP contribution in [-0.2, 0) is 0 Å². The van der Waals surface area contributed by atoms with E-state index in [2.05, 4.69) is 36.9 Å². The van der Waals surface area contributed by atoms with Crippen molar-refractivity contribution in [2.45, 2.75) is 0 Å². The number of hydrogen-bond acceptors (Lipinski definition) is 3. The van der Waals surface area contributed by atoms with Crippen molar-refractivity contribution in [2.24, 2.45) is 0 Å². The zero-order valence-corrected chi connectivity index (χ0v) is 14.2. The van der Waals surface area contributed by atoms with E-state index in [1.807, 2.05) is 60.7 Å². The highest BCUT2D eigenvalue weighted by Crippen LogP contribution is 2.20. The van der Waals surface area contributed by atoms with Gasteiger partial charge >= 0.3 is 6.03 Å². The highest BCUT2D eigenvalue weighted by Gasteiger charge is 2.03. The molecule has 2 aromatic carbocycles. The van der Waals surface area contributed by atoms with Crippen LogP contribution in [-0.4, -0.2) is 11.0 Å². The summed E-state index contributed by atoms with van der Waals surface area (Å²) in [6.07, 6.45) is 1.67. The Morgan fingerprint density at radius 1 is 0.833 bits per heavy atom. The molecule has 0 saturated carbocycles. The largest absolute Gasteiger partial charge is 0.354 e. The van der Waals surface area contributed by atoms with Crippen molar-refractivity contribution in [1.82, 2.24) is 4.98 Å². The van der Waals surface area contributed by atoms with Gasteiger partial charge in [0.2, 0.25) is 0 Å². The quantitative estimate of drug-likeness (QED) is 0.578. The van der Waals surface area contributed by atoms with E-state index in [9.17, 15) is 4.79 Å². The van der Waals surface area contributed by atoms with E-state index in [0.29, 0.717) is 5.82 Å². The van der Waals surface area contributed by atoms with E-state index in [-0.39, 0.29) is 6.03 Å². The summed E-state index contributed by atoms with van der Waals surface area (Å²) >= 11 is 3.43. The van der Waals surface area contributed by atoms with Crippen LogP contribution in [0.5, 0.6) is 0 Å². The SMILES string of the molecule is O=C(Nc1ccccc1)Nc1ccc(Nc2cccc(Br)c2)cn1. The number of nitrogens with one attached hydrogen (secondary N) is 3. The Morgan fingerprint density at radius 2 is 1.62 bits per heavy atom. The first-order chi connectivity index (χ1) is 11.7. The number of carbonyl (C=O) groups excluding carboxylic acids is 1. The van der Waals surface area contributed by atoms with Gasteiger partial charge in [0.1, 0.15) is 5.82 Å². The molecular formula is C18H15BrN4O. The predicted molar refractivity (Wildman–Crippen MR) is 101 cm³/mol. The van der Waals surface area contributed by atoms with Crippen LogP contribution >= 0.6 is 15.9 Å². The van der Waals surface area contributed by atoms with Gasteiger partial charge in [-0.05, 0) is 42.5 Å². The lowest BCUT2D eigenvalue weighted by atomic mass is 10.3. The van der Waals surface area contributed by atoms with Crippen LogP contribution in [0.15, 0.2) is 77.4 Å². The number of pyridine rings is 1. The monoisotopic (exact) mass is 382 g/mol. The highest BCUT2D eigenvalue weighted by atomic mass is 79.9. The van der Waals surface area contributed by atoms with Gasteiger partial charge in [0.05, 0.1) is 11.9 Å². The molecule has 3 aromatic rings. The molecule has 24 heavy (non-hydrogen) atoms. The Kier molecular flexibility index (Phi) is 5.08. The van der Waals surface area contributed by atoms with Crippen LogP contribution < -0.4 is 16.0 Å². The molecule has 3 N–H and O–H groups in total. The van der Waals surface area contributed by atoms with Gasteiger partial charge < -0.3 is 10.6 Å². The fourth-order valence-electron chi connectivity index (χ4n) is 2.07. The van der Waals surface area contributed by atoms with E-state index in [0.717, 1.165) is 21.5 Å². The lowest BCUT2D eigenvalue weighted by Gasteiger charge is -2.09. The second kappa shape index (κ2) is 7.61. The third-order valence-electron chi connectivity index (χ3n) is 3.15. The third-order valence-corrected chi connectivity index (χ3v) is 3.64. The Morgan fingerprint density at radius 3 is 2.33 bits per heavy atom. The third kappa shape index (κ3) is 4.57. The van der Waals surface area contributed by atoms with Gasteiger partial charge in [0, 0.05) is 15.8 Å². The standard InChI is InChI=1S/C18H15BrN4O/c19-13-5-4-8-15(11-13)21-16-9-10-17(20-12-16)23-18(24)22-14-6-2-1-3-7-14/h1-12,21H,(H2,20,22,23,24). The van der Waals surface area contributed by atoms with E-state index in [1.165, 1.54) is 0 Å². The summed E-state index contributed by atoms with van der Waals surface area (Å²) in [5, 5.41) is 8.68. The number of amides is 2. The van der Waals surface area contributed by atoms with Gasteiger partial charge in [-0.25, -0.2) is 9.78 Å². The van der Waals surface area contributed by atoms with E-state index in [4.69, 9.17) is 0 Å². The van der Waals surface area contributed by atoms with Crippen LogP contribution in [0.25, 0.3) is 0 Å². The molecule has 0 atom stereocenters. The lowest BCUT2D eigenvalue weighted by molar-refractivity contribution is 0.262. The van der Waals surface area contributed by atoms with Crippen molar-refractivity contribution < 1.29 is 4.79 Å². The summed E-state index contributed by atoms with van der Waals surface area (Å²) < 4.78 is 0.997. The van der Waals surface area contributed by atoms with E-state index in [1.54, 1.807) is 12.3 Å². The van der Waals surface area contributed by atoms with Gasteiger partial charge in [0.25, 0.3) is 0 Å². The molecule has 0 saturated heterocycles. The van der Waals surface area contributed by atoms with Crippen LogP contribution in [0.4, 0.5) is 27.7 Å². The second-order valence-corrected chi connectivity index (χ2v) is 5.93. The Labute approximate surface area is 148 Å². The number of benzene rings is 2. The second-order valence-electron chi connectivity index (χ2n) is 5.01. The number of para-hydroxylation sites is 1. The van der Waals surface area contributed by atoms with Gasteiger partial charge in [0.15, 0.2) is 0 Å². The highest BCUT2D eigenvalue weighted by molar-refractivity contribution is 9.10. The predicted octanol–water partition coefficient (Wildman–Crippen LogP) is 5.23. The summed E-state index contributed by atoms with van der Waals surface area (Å²) in [7, 11) is 0. The average Bonchev–Trinajstić information content (AvgIpc) is 2.57. The van der Waals surface area contributed by atoms with Gasteiger partial charge in [-0.15, -0.1) is 0 Å². The summed E-state index contributed by atoms with van der Waals surface area (Å²) in [5.41, 5.74) is 2.51. The molecule has 120 valence electrons. The molecule has 6 heteroatoms. The maximum atomic E-state index is 11.9. The first kappa shape index (κ1) is 16.0. The summed E-state index contributed by atoms with van der Waals surface area (Å²) in [6.45, 7) is 0. The normalized spacial score (nSPS) is 10.0. The van der Waals surface area contributed by atoms with Crippen molar-refractivity contribution in [3.05, 3.63) is 77.4 Å². The van der Waals surface area contributed by atoms with Crippen LogP contribution in [0, 0.1) is 0 Å². The maximum absolute atomic E-state index is 11.9. The molecule has 1 aromatic heterocycles. The zero-order valence-electron chi connectivity index (χ0n) is 12.7. The number of nitrogens with zero attached hydrogens (tertiary/aromatic N) is 1. The van der Waals surface area contributed by atoms with Crippen molar-refractivity contribution in [3.63, 3.8) is 0 Å². The first-order valence-corrected chi connectivity index (χ1v) is 8.10. The molecule has 0 radical (unpaired) electrons. The molecule has 0 bridgehead atoms. The topological polar surface area (TPSA) is 66.1 Å². The minimum atomic E-state index is -0.332. The first-order valence-electron chi connectivity index (χ1n) is 7.31. The Balaban J connectivity index is 1.59. The minimum Gasteiger partial charge on any atom is -0.354 e. The summed E-state index contributed by atoms with van der Waals surface area (Å²) in [5.74, 6) is 0.475. The van der Waals surface area contributed by atoms with Crippen molar-refractivity contribution in [1.29, 1.82) is 0 Å². The van der Waals surface area contributed by atoms with E-state index >= 15 is 0 Å². The number of urea groups is 1. The maximum Gasteiger partial charge on any atom is 0.324 e. The number of aromatic nitrogens is 1. The molecule has 1 heterocycles.